The SMILES string of the molecule is C.C.CCC(O)CN(CC(O)CC)CN(CC(O)CC)C(C)=O.CCC(O)CN(CNCC(C)O)C(C)=O. The van der Waals surface area contributed by atoms with Crippen molar-refractivity contribution in [1.82, 2.24) is 20.0 Å². The van der Waals surface area contributed by atoms with Crippen LogP contribution in [-0.4, -0.2) is 129 Å². The van der Waals surface area contributed by atoms with Gasteiger partial charge in [-0.15, -0.1) is 0 Å². The lowest BCUT2D eigenvalue weighted by molar-refractivity contribution is -0.133. The van der Waals surface area contributed by atoms with E-state index in [1.54, 1.807) is 11.8 Å². The van der Waals surface area contributed by atoms with Crippen molar-refractivity contribution in [2.24, 2.45) is 0 Å². The number of amides is 2. The Bertz CT molecular complexity index is 558. The summed E-state index contributed by atoms with van der Waals surface area (Å²) in [7, 11) is 0. The Hall–Kier alpha value is -1.34. The largest absolute Gasteiger partial charge is 0.392 e. The Morgan fingerprint density at radius 3 is 1.32 bits per heavy atom. The first kappa shape index (κ1) is 43.7. The molecule has 0 aliphatic carbocycles. The smallest absolute Gasteiger partial charge is 0.220 e. The molecule has 2 amide bonds. The van der Waals surface area contributed by atoms with Gasteiger partial charge in [0.25, 0.3) is 0 Å². The Morgan fingerprint density at radius 2 is 1.00 bits per heavy atom. The minimum Gasteiger partial charge on any atom is -0.392 e. The summed E-state index contributed by atoms with van der Waals surface area (Å²) < 4.78 is 0. The Morgan fingerprint density at radius 1 is 0.658 bits per heavy atom. The van der Waals surface area contributed by atoms with Gasteiger partial charge in [-0.25, -0.2) is 0 Å². The molecule has 0 radical (unpaired) electrons. The van der Waals surface area contributed by atoms with E-state index in [1.807, 2.05) is 32.6 Å². The maximum absolute atomic E-state index is 11.7. The number of nitrogens with zero attached hydrogens (tertiary/aromatic N) is 3. The first-order valence-corrected chi connectivity index (χ1v) is 13.1. The molecule has 38 heavy (non-hydrogen) atoms. The summed E-state index contributed by atoms with van der Waals surface area (Å²) in [6.45, 7) is 14.6. The molecule has 0 aromatic rings. The Balaban J connectivity index is -0.000000303. The van der Waals surface area contributed by atoms with Crippen molar-refractivity contribution in [2.75, 3.05) is 46.1 Å². The minimum absolute atomic E-state index is 0. The molecular weight excluding hydrogens is 492 g/mol. The van der Waals surface area contributed by atoms with Crippen molar-refractivity contribution in [2.45, 2.75) is 120 Å². The second-order valence-electron chi connectivity index (χ2n) is 9.37. The van der Waals surface area contributed by atoms with Gasteiger partial charge >= 0.3 is 0 Å². The summed E-state index contributed by atoms with van der Waals surface area (Å²) in [5, 5.41) is 50.7. The van der Waals surface area contributed by atoms with Crippen LogP contribution in [0.15, 0.2) is 0 Å². The predicted molar refractivity (Wildman–Crippen MR) is 154 cm³/mol. The van der Waals surface area contributed by atoms with Crippen LogP contribution in [0.5, 0.6) is 0 Å². The Kier molecular flexibility index (Phi) is 29.8. The molecule has 0 aliphatic rings. The van der Waals surface area contributed by atoms with Gasteiger partial charge in [0.05, 0.1) is 43.9 Å². The van der Waals surface area contributed by atoms with Crippen LogP contribution in [0.25, 0.3) is 0 Å². The molecule has 5 atom stereocenters. The topological polar surface area (TPSA) is 157 Å². The molecule has 0 saturated carbocycles. The van der Waals surface area contributed by atoms with E-state index in [0.717, 1.165) is 0 Å². The molecule has 0 rings (SSSR count). The highest BCUT2D eigenvalue weighted by atomic mass is 16.3. The number of hydrogen-bond donors (Lipinski definition) is 6. The van der Waals surface area contributed by atoms with Crippen molar-refractivity contribution in [1.29, 1.82) is 0 Å². The summed E-state index contributed by atoms with van der Waals surface area (Å²) in [6, 6.07) is 0. The molecular formula is C27H62N4O7. The standard InChI is InChI=1S/C15H32N2O4.C10H22N2O3.2CH4/c1-5-13(19)8-16(9-14(20)6-2)11-17(12(4)18)10-15(21)7-3;1-4-10(15)6-12(9(3)14)7-11-5-8(2)13;;/h13-15,19-21H,5-11H2,1-4H3;8,10-11,13,15H,4-7H2,1-3H3;2*1H4. The van der Waals surface area contributed by atoms with Crippen molar-refractivity contribution < 1.29 is 35.1 Å². The number of carbonyl (C=O) groups is 2. The molecule has 0 aromatic heterocycles. The molecule has 6 N–H and O–H groups in total. The zero-order chi connectivity index (χ0) is 28.3. The highest BCUT2D eigenvalue weighted by molar-refractivity contribution is 5.73. The first-order chi connectivity index (χ1) is 16.8. The number of aliphatic hydroxyl groups is 5. The molecule has 5 unspecified atom stereocenters. The van der Waals surface area contributed by atoms with Crippen LogP contribution >= 0.6 is 0 Å². The molecule has 11 heteroatoms. The average Bonchev–Trinajstić information content (AvgIpc) is 2.82. The summed E-state index contributed by atoms with van der Waals surface area (Å²) in [5.41, 5.74) is 0. The monoisotopic (exact) mass is 554 g/mol. The van der Waals surface area contributed by atoms with Gasteiger partial charge in [0.2, 0.25) is 11.8 Å². The fourth-order valence-corrected chi connectivity index (χ4v) is 3.05. The lowest BCUT2D eigenvalue weighted by atomic mass is 10.2. The van der Waals surface area contributed by atoms with E-state index in [2.05, 4.69) is 5.32 Å². The van der Waals surface area contributed by atoms with Crippen LogP contribution in [-0.2, 0) is 9.59 Å². The third kappa shape index (κ3) is 23.8. The summed E-state index contributed by atoms with van der Waals surface area (Å²) >= 11 is 0. The van der Waals surface area contributed by atoms with Gasteiger partial charge in [0.1, 0.15) is 0 Å². The molecule has 232 valence electrons. The van der Waals surface area contributed by atoms with Gasteiger partial charge in [-0.05, 0) is 32.6 Å². The summed E-state index contributed by atoms with van der Waals surface area (Å²) in [5.74, 6) is -0.204. The second kappa shape index (κ2) is 25.9. The minimum atomic E-state index is -0.553. The maximum Gasteiger partial charge on any atom is 0.220 e. The van der Waals surface area contributed by atoms with Crippen molar-refractivity contribution in [3.63, 3.8) is 0 Å². The van der Waals surface area contributed by atoms with Crippen LogP contribution in [0, 0.1) is 0 Å². The molecule has 0 aliphatic heterocycles. The zero-order valence-electron chi connectivity index (χ0n) is 23.6. The van der Waals surface area contributed by atoms with Crippen LogP contribution in [0.2, 0.25) is 0 Å². The zero-order valence-corrected chi connectivity index (χ0v) is 23.6. The van der Waals surface area contributed by atoms with Gasteiger partial charge in [0, 0.05) is 46.6 Å². The average molecular weight is 555 g/mol. The van der Waals surface area contributed by atoms with Gasteiger partial charge in [0.15, 0.2) is 0 Å². The molecule has 0 heterocycles. The van der Waals surface area contributed by atoms with Crippen molar-refractivity contribution >= 4 is 11.8 Å². The fourth-order valence-electron chi connectivity index (χ4n) is 3.05. The highest BCUT2D eigenvalue weighted by Crippen LogP contribution is 2.05. The second-order valence-corrected chi connectivity index (χ2v) is 9.37. The molecule has 0 aromatic carbocycles. The van der Waals surface area contributed by atoms with E-state index in [9.17, 15) is 30.0 Å². The molecule has 0 saturated heterocycles. The number of aliphatic hydroxyl groups excluding tert-OH is 5. The van der Waals surface area contributed by atoms with E-state index in [0.29, 0.717) is 65.2 Å². The fraction of sp³-hybridized carbons (Fsp3) is 0.926. The third-order valence-electron chi connectivity index (χ3n) is 5.69. The molecule has 11 nitrogen and oxygen atoms in total. The van der Waals surface area contributed by atoms with Crippen LogP contribution < -0.4 is 5.32 Å². The van der Waals surface area contributed by atoms with E-state index >= 15 is 0 Å². The van der Waals surface area contributed by atoms with Crippen molar-refractivity contribution in [3.05, 3.63) is 0 Å². The number of carbonyl (C=O) groups excluding carboxylic acids is 2. The Labute approximate surface area is 232 Å². The normalized spacial score (nSPS) is 14.6. The number of rotatable bonds is 18. The van der Waals surface area contributed by atoms with Crippen molar-refractivity contribution in [3.8, 4) is 0 Å². The summed E-state index contributed by atoms with van der Waals surface area (Å²) in [6.07, 6.45) is 0.00402. The third-order valence-corrected chi connectivity index (χ3v) is 5.69. The lowest BCUT2D eigenvalue weighted by Crippen LogP contribution is -2.48. The van der Waals surface area contributed by atoms with Gasteiger partial charge in [-0.1, -0.05) is 42.5 Å². The van der Waals surface area contributed by atoms with E-state index in [-0.39, 0.29) is 33.2 Å². The van der Waals surface area contributed by atoms with E-state index in [4.69, 9.17) is 5.11 Å². The molecule has 0 fully saturated rings. The molecule has 0 bridgehead atoms. The van der Waals surface area contributed by atoms with Crippen LogP contribution in [0.1, 0.15) is 89.0 Å². The maximum atomic E-state index is 11.7. The van der Waals surface area contributed by atoms with Crippen LogP contribution in [0.4, 0.5) is 0 Å². The number of nitrogens with one attached hydrogen (secondary N) is 1. The first-order valence-electron chi connectivity index (χ1n) is 13.1. The van der Waals surface area contributed by atoms with Gasteiger partial charge in [-0.2, -0.15) is 0 Å². The van der Waals surface area contributed by atoms with Gasteiger partial charge < -0.3 is 35.3 Å². The summed E-state index contributed by atoms with van der Waals surface area (Å²) in [4.78, 5) is 27.8. The highest BCUT2D eigenvalue weighted by Gasteiger charge is 2.20. The van der Waals surface area contributed by atoms with Gasteiger partial charge in [-0.3, -0.25) is 19.8 Å². The lowest BCUT2D eigenvalue weighted by Gasteiger charge is -2.33. The molecule has 0 spiro atoms. The quantitative estimate of drug-likeness (QED) is 0.137. The van der Waals surface area contributed by atoms with E-state index in [1.165, 1.54) is 18.7 Å². The predicted octanol–water partition coefficient (Wildman–Crippen LogP) is 1.21. The number of hydrogen-bond acceptors (Lipinski definition) is 9. The van der Waals surface area contributed by atoms with Crippen LogP contribution in [0.3, 0.4) is 0 Å². The van der Waals surface area contributed by atoms with E-state index < -0.39 is 30.5 Å².